The summed E-state index contributed by atoms with van der Waals surface area (Å²) < 4.78 is 11.5. The molecule has 4 atom stereocenters. The second-order valence-electron chi connectivity index (χ2n) is 7.59. The fourth-order valence-corrected chi connectivity index (χ4v) is 4.50. The van der Waals surface area contributed by atoms with Crippen molar-refractivity contribution in [1.82, 2.24) is 20.0 Å². The van der Waals surface area contributed by atoms with Crippen molar-refractivity contribution in [3.8, 4) is 0 Å². The summed E-state index contributed by atoms with van der Waals surface area (Å²) in [5.41, 5.74) is 1.08. The first-order valence-corrected chi connectivity index (χ1v) is 9.45. The van der Waals surface area contributed by atoms with E-state index in [2.05, 4.69) is 10.2 Å². The van der Waals surface area contributed by atoms with Crippen LogP contribution in [0.2, 0.25) is 0 Å². The zero-order valence-electron chi connectivity index (χ0n) is 16.0. The number of fused-ring (bicyclic) bond motifs is 1. The Bertz CT molecular complexity index is 776. The Labute approximate surface area is 158 Å². The molecule has 0 radical (unpaired) electrons. The van der Waals surface area contributed by atoms with Crippen LogP contribution in [0, 0.1) is 18.8 Å². The number of likely N-dealkylation sites (tertiary alicyclic amines) is 1. The van der Waals surface area contributed by atoms with Gasteiger partial charge in [-0.1, -0.05) is 12.2 Å². The number of carbonyl (C=O) groups is 2. The second-order valence-corrected chi connectivity index (χ2v) is 7.59. The number of ether oxygens (including phenoxy) is 2. The Balaban J connectivity index is 1.49. The molecule has 8 nitrogen and oxygen atoms in total. The van der Waals surface area contributed by atoms with Crippen LogP contribution in [0.25, 0.3) is 0 Å². The molecule has 1 aromatic heterocycles. The first-order valence-electron chi connectivity index (χ1n) is 9.45. The second kappa shape index (κ2) is 6.76. The lowest BCUT2D eigenvalue weighted by atomic mass is 9.76. The van der Waals surface area contributed by atoms with Gasteiger partial charge >= 0.3 is 0 Å². The third-order valence-electron chi connectivity index (χ3n) is 5.71. The maximum Gasteiger partial charge on any atom is 0.230 e. The minimum atomic E-state index is -0.669. The minimum Gasteiger partial charge on any atom is -0.380 e. The summed E-state index contributed by atoms with van der Waals surface area (Å²) in [4.78, 5) is 29.6. The van der Waals surface area contributed by atoms with Crippen molar-refractivity contribution in [3.05, 3.63) is 29.6 Å². The predicted octanol–water partition coefficient (Wildman–Crippen LogP) is 0.495. The number of nitrogens with zero attached hydrogens (tertiary/aromatic N) is 3. The van der Waals surface area contributed by atoms with Crippen molar-refractivity contribution in [3.63, 3.8) is 0 Å². The van der Waals surface area contributed by atoms with Gasteiger partial charge in [0.2, 0.25) is 11.8 Å². The number of hydrogen-bond donors (Lipinski definition) is 1. The van der Waals surface area contributed by atoms with Crippen molar-refractivity contribution < 1.29 is 19.1 Å². The van der Waals surface area contributed by atoms with Gasteiger partial charge in [-0.3, -0.25) is 14.7 Å². The molecule has 2 amide bonds. The van der Waals surface area contributed by atoms with E-state index in [1.54, 1.807) is 16.8 Å². The molecule has 2 unspecified atom stereocenters. The smallest absolute Gasteiger partial charge is 0.230 e. The van der Waals surface area contributed by atoms with Gasteiger partial charge in [0, 0.05) is 25.9 Å². The summed E-state index contributed by atoms with van der Waals surface area (Å²) >= 11 is 0. The molecule has 2 saturated heterocycles. The standard InChI is InChI=1S/C19H26N4O4/c1-4-26-8-7-23-11-19-6-5-14(27-19)15(16(19)18(23)25)17(24)22(3)10-13-9-12(2)20-21-13/h5-6,9,14-16H,4,7-8,10-11H2,1-3H3,(H,20,21)/t14-,15?,16?,19-/m0/s1. The minimum absolute atomic E-state index is 0.0103. The van der Waals surface area contributed by atoms with Gasteiger partial charge in [0.25, 0.3) is 0 Å². The van der Waals surface area contributed by atoms with Gasteiger partial charge in [0.1, 0.15) is 5.60 Å². The normalized spacial score (nSPS) is 31.0. The molecule has 0 aliphatic carbocycles. The third kappa shape index (κ3) is 2.96. The average Bonchev–Trinajstić information content (AvgIpc) is 3.37. The molecule has 1 N–H and O–H groups in total. The lowest BCUT2D eigenvalue weighted by Crippen LogP contribution is -2.44. The molecular formula is C19H26N4O4. The van der Waals surface area contributed by atoms with E-state index in [1.165, 1.54) is 0 Å². The quantitative estimate of drug-likeness (QED) is 0.555. The van der Waals surface area contributed by atoms with E-state index in [1.807, 2.05) is 32.1 Å². The third-order valence-corrected chi connectivity index (χ3v) is 5.71. The highest BCUT2D eigenvalue weighted by Gasteiger charge is 2.66. The molecule has 0 saturated carbocycles. The molecular weight excluding hydrogens is 348 g/mol. The van der Waals surface area contributed by atoms with Crippen LogP contribution in [0.5, 0.6) is 0 Å². The molecule has 3 aliphatic heterocycles. The number of carbonyl (C=O) groups excluding carboxylic acids is 2. The van der Waals surface area contributed by atoms with Gasteiger partial charge in [-0.25, -0.2) is 0 Å². The Morgan fingerprint density at radius 2 is 2.37 bits per heavy atom. The predicted molar refractivity (Wildman–Crippen MR) is 96.6 cm³/mol. The highest BCUT2D eigenvalue weighted by molar-refractivity contribution is 5.93. The van der Waals surface area contributed by atoms with Crippen molar-refractivity contribution in [1.29, 1.82) is 0 Å². The van der Waals surface area contributed by atoms with E-state index in [9.17, 15) is 9.59 Å². The summed E-state index contributed by atoms with van der Waals surface area (Å²) in [6.07, 6.45) is 3.58. The highest BCUT2D eigenvalue weighted by atomic mass is 16.5. The lowest BCUT2D eigenvalue weighted by Gasteiger charge is -2.27. The van der Waals surface area contributed by atoms with Gasteiger partial charge in [0.15, 0.2) is 0 Å². The van der Waals surface area contributed by atoms with Gasteiger partial charge in [-0.05, 0) is 19.9 Å². The van der Waals surface area contributed by atoms with Crippen LogP contribution < -0.4 is 0 Å². The summed E-state index contributed by atoms with van der Waals surface area (Å²) in [7, 11) is 1.75. The van der Waals surface area contributed by atoms with Crippen molar-refractivity contribution in [2.24, 2.45) is 11.8 Å². The van der Waals surface area contributed by atoms with E-state index >= 15 is 0 Å². The molecule has 4 rings (SSSR count). The number of nitrogens with one attached hydrogen (secondary N) is 1. The van der Waals surface area contributed by atoms with Crippen LogP contribution in [0.1, 0.15) is 18.3 Å². The highest BCUT2D eigenvalue weighted by Crippen LogP contribution is 2.52. The summed E-state index contributed by atoms with van der Waals surface area (Å²) in [6, 6.07) is 1.92. The van der Waals surface area contributed by atoms with Crippen LogP contribution in [0.3, 0.4) is 0 Å². The molecule has 4 heterocycles. The maximum absolute atomic E-state index is 13.2. The van der Waals surface area contributed by atoms with Crippen LogP contribution in [-0.4, -0.2) is 76.9 Å². The fourth-order valence-electron chi connectivity index (χ4n) is 4.50. The fraction of sp³-hybridized carbons (Fsp3) is 0.632. The number of aromatic nitrogens is 2. The number of amides is 2. The lowest BCUT2D eigenvalue weighted by molar-refractivity contribution is -0.143. The summed E-state index contributed by atoms with van der Waals surface area (Å²) in [5.74, 6) is -1.02. The molecule has 1 aromatic rings. The SMILES string of the molecule is CCOCCN1C[C@]23C=C[C@H](O2)C(C(=O)N(C)Cc2cc(C)[nH]n2)C3C1=O. The summed E-state index contributed by atoms with van der Waals surface area (Å²) in [5, 5.41) is 7.08. The van der Waals surface area contributed by atoms with Crippen molar-refractivity contribution in [2.75, 3.05) is 33.4 Å². The van der Waals surface area contributed by atoms with E-state index in [0.717, 1.165) is 11.4 Å². The molecule has 1 spiro atoms. The molecule has 27 heavy (non-hydrogen) atoms. The Morgan fingerprint density at radius 3 is 3.07 bits per heavy atom. The number of hydrogen-bond acceptors (Lipinski definition) is 5. The van der Waals surface area contributed by atoms with Gasteiger partial charge < -0.3 is 19.3 Å². The Morgan fingerprint density at radius 1 is 1.56 bits per heavy atom. The zero-order valence-corrected chi connectivity index (χ0v) is 16.0. The number of aryl methyl sites for hydroxylation is 1. The largest absolute Gasteiger partial charge is 0.380 e. The van der Waals surface area contributed by atoms with Crippen molar-refractivity contribution >= 4 is 11.8 Å². The van der Waals surface area contributed by atoms with Crippen LogP contribution >= 0.6 is 0 Å². The first kappa shape index (κ1) is 18.2. The average molecular weight is 374 g/mol. The number of H-pyrrole nitrogens is 1. The molecule has 2 bridgehead atoms. The van der Waals surface area contributed by atoms with Gasteiger partial charge in [-0.15, -0.1) is 0 Å². The van der Waals surface area contributed by atoms with Gasteiger partial charge in [0.05, 0.1) is 43.3 Å². The molecule has 0 aromatic carbocycles. The summed E-state index contributed by atoms with van der Waals surface area (Å²) in [6.45, 7) is 6.38. The molecule has 146 valence electrons. The molecule has 8 heteroatoms. The van der Waals surface area contributed by atoms with E-state index in [0.29, 0.717) is 32.8 Å². The Kier molecular flexibility index (Phi) is 4.55. The number of aromatic amines is 1. The van der Waals surface area contributed by atoms with Gasteiger partial charge in [-0.2, -0.15) is 5.10 Å². The van der Waals surface area contributed by atoms with E-state index < -0.39 is 17.4 Å². The maximum atomic E-state index is 13.2. The van der Waals surface area contributed by atoms with E-state index in [4.69, 9.17) is 9.47 Å². The first-order chi connectivity index (χ1) is 12.9. The molecule has 2 fully saturated rings. The van der Waals surface area contributed by atoms with Crippen LogP contribution in [0.15, 0.2) is 18.2 Å². The van der Waals surface area contributed by atoms with Crippen molar-refractivity contribution in [2.45, 2.75) is 32.1 Å². The van der Waals surface area contributed by atoms with Crippen LogP contribution in [0.4, 0.5) is 0 Å². The molecule has 3 aliphatic rings. The topological polar surface area (TPSA) is 87.8 Å². The monoisotopic (exact) mass is 374 g/mol. The van der Waals surface area contributed by atoms with Crippen LogP contribution in [-0.2, 0) is 25.6 Å². The Hall–Kier alpha value is -2.19. The number of rotatable bonds is 7. The zero-order chi connectivity index (χ0) is 19.2. The van der Waals surface area contributed by atoms with E-state index in [-0.39, 0.29) is 17.9 Å².